The van der Waals surface area contributed by atoms with Crippen molar-refractivity contribution in [3.8, 4) is 0 Å². The molecule has 1 saturated carbocycles. The van der Waals surface area contributed by atoms with E-state index in [1.54, 1.807) is 0 Å². The summed E-state index contributed by atoms with van der Waals surface area (Å²) in [5.74, 6) is 0. The van der Waals surface area contributed by atoms with Crippen LogP contribution in [0.15, 0.2) is 18.2 Å². The first-order chi connectivity index (χ1) is 8.42. The Bertz CT molecular complexity index is 383. The van der Waals surface area contributed by atoms with Crippen molar-refractivity contribution >= 4 is 0 Å². The van der Waals surface area contributed by atoms with Gasteiger partial charge in [-0.05, 0) is 29.5 Å². The van der Waals surface area contributed by atoms with Gasteiger partial charge in [-0.3, -0.25) is 0 Å². The largest absolute Gasteiger partial charge is 0.372 e. The minimum atomic E-state index is 0.744. The van der Waals surface area contributed by atoms with Crippen molar-refractivity contribution < 1.29 is 4.74 Å². The molecule has 0 spiro atoms. The van der Waals surface area contributed by atoms with Gasteiger partial charge in [-0.15, -0.1) is 0 Å². The molecule has 1 aliphatic heterocycles. The van der Waals surface area contributed by atoms with E-state index >= 15 is 0 Å². The fourth-order valence-electron chi connectivity index (χ4n) is 2.90. The summed E-state index contributed by atoms with van der Waals surface area (Å²) in [7, 11) is 0. The lowest BCUT2D eigenvalue weighted by atomic mass is 9.95. The zero-order valence-corrected chi connectivity index (χ0v) is 10.4. The Morgan fingerprint density at radius 1 is 1.06 bits per heavy atom. The van der Waals surface area contributed by atoms with Crippen LogP contribution in [0.1, 0.15) is 48.8 Å². The van der Waals surface area contributed by atoms with Crippen LogP contribution >= 0.6 is 0 Å². The van der Waals surface area contributed by atoms with Crippen molar-refractivity contribution in [1.82, 2.24) is 5.32 Å². The monoisotopic (exact) mass is 231 g/mol. The quantitative estimate of drug-likeness (QED) is 0.863. The molecule has 0 radical (unpaired) electrons. The van der Waals surface area contributed by atoms with Crippen molar-refractivity contribution in [3.63, 3.8) is 0 Å². The molecule has 0 aromatic heterocycles. The zero-order valence-electron chi connectivity index (χ0n) is 10.4. The number of hydrogen-bond acceptors (Lipinski definition) is 2. The van der Waals surface area contributed by atoms with E-state index in [-0.39, 0.29) is 0 Å². The van der Waals surface area contributed by atoms with E-state index in [1.807, 2.05) is 0 Å². The van der Waals surface area contributed by atoms with E-state index in [2.05, 4.69) is 23.5 Å². The van der Waals surface area contributed by atoms with Gasteiger partial charge in [-0.2, -0.15) is 0 Å². The average Bonchev–Trinajstić information content (AvgIpc) is 2.85. The second-order valence-electron chi connectivity index (χ2n) is 5.31. The van der Waals surface area contributed by atoms with Crippen LogP contribution in [-0.2, 0) is 24.5 Å². The lowest BCUT2D eigenvalue weighted by Crippen LogP contribution is -2.30. The highest BCUT2D eigenvalue weighted by molar-refractivity contribution is 5.33. The first-order valence-corrected chi connectivity index (χ1v) is 6.83. The van der Waals surface area contributed by atoms with Crippen molar-refractivity contribution in [2.45, 2.75) is 57.9 Å². The van der Waals surface area contributed by atoms with Crippen molar-refractivity contribution in [2.75, 3.05) is 0 Å². The molecular weight excluding hydrogens is 210 g/mol. The minimum absolute atomic E-state index is 0.744. The second-order valence-corrected chi connectivity index (χ2v) is 5.31. The van der Waals surface area contributed by atoms with Gasteiger partial charge in [0.25, 0.3) is 0 Å². The second kappa shape index (κ2) is 5.19. The molecule has 1 N–H and O–H groups in total. The SMILES string of the molecule is c1cc2c(cc1CNC1CCCCC1)COC2. The van der Waals surface area contributed by atoms with Crippen molar-refractivity contribution in [2.24, 2.45) is 0 Å². The maximum atomic E-state index is 5.44. The first-order valence-electron chi connectivity index (χ1n) is 6.83. The molecule has 1 aromatic carbocycles. The first kappa shape index (κ1) is 11.2. The molecule has 0 unspecified atom stereocenters. The number of nitrogens with one attached hydrogen (secondary N) is 1. The highest BCUT2D eigenvalue weighted by atomic mass is 16.5. The van der Waals surface area contributed by atoms with Crippen LogP contribution in [0.3, 0.4) is 0 Å². The molecule has 1 aromatic rings. The normalized spacial score (nSPS) is 20.5. The van der Waals surface area contributed by atoms with E-state index in [0.717, 1.165) is 25.8 Å². The standard InChI is InChI=1S/C15H21NO/c1-2-4-15(5-3-1)16-9-12-6-7-13-10-17-11-14(13)8-12/h6-8,15-16H,1-5,9-11H2. The number of ether oxygens (including phenoxy) is 1. The molecular formula is C15H21NO. The van der Waals surface area contributed by atoms with Crippen LogP contribution in [0.5, 0.6) is 0 Å². The van der Waals surface area contributed by atoms with Gasteiger partial charge in [0, 0.05) is 12.6 Å². The Labute approximate surface area is 103 Å². The predicted molar refractivity (Wildman–Crippen MR) is 68.6 cm³/mol. The Balaban J connectivity index is 1.57. The summed E-state index contributed by atoms with van der Waals surface area (Å²) in [5.41, 5.74) is 4.15. The maximum Gasteiger partial charge on any atom is 0.0725 e. The Kier molecular flexibility index (Phi) is 3.44. The minimum Gasteiger partial charge on any atom is -0.372 e. The third-order valence-electron chi connectivity index (χ3n) is 3.99. The summed E-state index contributed by atoms with van der Waals surface area (Å²) in [6.45, 7) is 2.61. The Hall–Kier alpha value is -0.860. The molecule has 2 nitrogen and oxygen atoms in total. The lowest BCUT2D eigenvalue weighted by molar-refractivity contribution is 0.134. The molecule has 2 heteroatoms. The predicted octanol–water partition coefficient (Wildman–Crippen LogP) is 3.14. The van der Waals surface area contributed by atoms with Crippen LogP contribution in [0.25, 0.3) is 0 Å². The Morgan fingerprint density at radius 3 is 2.76 bits per heavy atom. The fourth-order valence-corrected chi connectivity index (χ4v) is 2.90. The highest BCUT2D eigenvalue weighted by Crippen LogP contribution is 2.22. The highest BCUT2D eigenvalue weighted by Gasteiger charge is 2.14. The molecule has 0 bridgehead atoms. The van der Waals surface area contributed by atoms with Gasteiger partial charge in [0.1, 0.15) is 0 Å². The number of hydrogen-bond donors (Lipinski definition) is 1. The zero-order chi connectivity index (χ0) is 11.5. The molecule has 0 atom stereocenters. The summed E-state index contributed by atoms with van der Waals surface area (Å²) in [6, 6.07) is 7.51. The lowest BCUT2D eigenvalue weighted by Gasteiger charge is -2.23. The molecule has 1 aliphatic carbocycles. The summed E-state index contributed by atoms with van der Waals surface area (Å²) < 4.78 is 5.44. The third-order valence-corrected chi connectivity index (χ3v) is 3.99. The summed E-state index contributed by atoms with van der Waals surface area (Å²) in [5, 5.41) is 3.69. The average molecular weight is 231 g/mol. The third kappa shape index (κ3) is 2.70. The van der Waals surface area contributed by atoms with Gasteiger partial charge in [-0.25, -0.2) is 0 Å². The summed E-state index contributed by atoms with van der Waals surface area (Å²) in [4.78, 5) is 0. The molecule has 0 amide bonds. The molecule has 0 saturated heterocycles. The Morgan fingerprint density at radius 2 is 1.88 bits per heavy atom. The van der Waals surface area contributed by atoms with E-state index < -0.39 is 0 Å². The van der Waals surface area contributed by atoms with E-state index in [0.29, 0.717) is 0 Å². The maximum absolute atomic E-state index is 5.44. The van der Waals surface area contributed by atoms with Crippen LogP contribution in [0.2, 0.25) is 0 Å². The molecule has 17 heavy (non-hydrogen) atoms. The molecule has 1 heterocycles. The topological polar surface area (TPSA) is 21.3 Å². The number of benzene rings is 1. The summed E-state index contributed by atoms with van der Waals surface area (Å²) >= 11 is 0. The molecule has 1 fully saturated rings. The van der Waals surface area contributed by atoms with Gasteiger partial charge < -0.3 is 10.1 Å². The molecule has 2 aliphatic rings. The van der Waals surface area contributed by atoms with E-state index in [9.17, 15) is 0 Å². The smallest absolute Gasteiger partial charge is 0.0725 e. The summed E-state index contributed by atoms with van der Waals surface area (Å²) in [6.07, 6.45) is 6.93. The van der Waals surface area contributed by atoms with Gasteiger partial charge in [0.2, 0.25) is 0 Å². The fraction of sp³-hybridized carbons (Fsp3) is 0.600. The number of rotatable bonds is 3. The van der Waals surface area contributed by atoms with Crippen LogP contribution in [-0.4, -0.2) is 6.04 Å². The number of fused-ring (bicyclic) bond motifs is 1. The van der Waals surface area contributed by atoms with Crippen LogP contribution < -0.4 is 5.32 Å². The van der Waals surface area contributed by atoms with Gasteiger partial charge in [0.15, 0.2) is 0 Å². The van der Waals surface area contributed by atoms with Crippen LogP contribution in [0.4, 0.5) is 0 Å². The van der Waals surface area contributed by atoms with Gasteiger partial charge in [-0.1, -0.05) is 37.5 Å². The molecule has 3 rings (SSSR count). The van der Waals surface area contributed by atoms with E-state index in [1.165, 1.54) is 48.8 Å². The van der Waals surface area contributed by atoms with Crippen LogP contribution in [0, 0.1) is 0 Å². The van der Waals surface area contributed by atoms with E-state index in [4.69, 9.17) is 4.74 Å². The van der Waals surface area contributed by atoms with Gasteiger partial charge in [0.05, 0.1) is 13.2 Å². The van der Waals surface area contributed by atoms with Gasteiger partial charge >= 0.3 is 0 Å². The van der Waals surface area contributed by atoms with Crippen molar-refractivity contribution in [1.29, 1.82) is 0 Å². The van der Waals surface area contributed by atoms with Crippen molar-refractivity contribution in [3.05, 3.63) is 34.9 Å². The molecule has 92 valence electrons.